The zero-order valence-corrected chi connectivity index (χ0v) is 12.5. The minimum absolute atomic E-state index is 0.0300. The molecule has 0 saturated carbocycles. The summed E-state index contributed by atoms with van der Waals surface area (Å²) in [5.74, 6) is 0.598. The molecule has 1 heterocycles. The van der Waals surface area contributed by atoms with E-state index < -0.39 is 6.10 Å². The van der Waals surface area contributed by atoms with Crippen molar-refractivity contribution in [3.8, 4) is 5.75 Å². The molecule has 1 aliphatic rings. The fourth-order valence-corrected chi connectivity index (χ4v) is 2.55. The molecule has 1 atom stereocenters. The lowest BCUT2D eigenvalue weighted by molar-refractivity contribution is -0.138. The second kappa shape index (κ2) is 6.70. The van der Waals surface area contributed by atoms with E-state index >= 15 is 0 Å². The van der Waals surface area contributed by atoms with Crippen molar-refractivity contribution in [2.24, 2.45) is 5.73 Å². The Balaban J connectivity index is 2.05. The predicted molar refractivity (Wildman–Crippen MR) is 82.9 cm³/mol. The first-order valence-electron chi connectivity index (χ1n) is 6.94. The number of likely N-dealkylation sites (tertiary alicyclic amines) is 1. The van der Waals surface area contributed by atoms with Crippen LogP contribution in [0, 0.1) is 0 Å². The minimum Gasteiger partial charge on any atom is -0.480 e. The average Bonchev–Trinajstić information content (AvgIpc) is 2.47. The van der Waals surface area contributed by atoms with Gasteiger partial charge in [-0.3, -0.25) is 4.79 Å². The van der Waals surface area contributed by atoms with E-state index in [0.717, 1.165) is 25.9 Å². The van der Waals surface area contributed by atoms with Crippen LogP contribution in [0.25, 0.3) is 0 Å². The normalized spacial score (nSPS) is 16.6. The third-order valence-corrected chi connectivity index (χ3v) is 3.69. The largest absolute Gasteiger partial charge is 0.480 e. The van der Waals surface area contributed by atoms with E-state index in [0.29, 0.717) is 11.3 Å². The highest BCUT2D eigenvalue weighted by molar-refractivity contribution is 7.80. The zero-order valence-electron chi connectivity index (χ0n) is 11.7. The quantitative estimate of drug-likeness (QED) is 0.864. The average molecular weight is 292 g/mol. The summed E-state index contributed by atoms with van der Waals surface area (Å²) >= 11 is 5.00. The smallest absolute Gasteiger partial charge is 0.263 e. The SMILES string of the molecule is CC(Oc1ccccc1C(N)=S)C(=O)N1CCCCC1. The van der Waals surface area contributed by atoms with Gasteiger partial charge >= 0.3 is 0 Å². The predicted octanol–water partition coefficient (Wildman–Crippen LogP) is 2.10. The first-order chi connectivity index (χ1) is 9.59. The van der Waals surface area contributed by atoms with Crippen molar-refractivity contribution in [3.05, 3.63) is 29.8 Å². The first-order valence-corrected chi connectivity index (χ1v) is 7.34. The van der Waals surface area contributed by atoms with E-state index in [1.54, 1.807) is 19.1 Å². The van der Waals surface area contributed by atoms with Crippen molar-refractivity contribution in [2.45, 2.75) is 32.3 Å². The Hall–Kier alpha value is -1.62. The van der Waals surface area contributed by atoms with E-state index in [9.17, 15) is 4.79 Å². The van der Waals surface area contributed by atoms with Gasteiger partial charge in [-0.05, 0) is 38.3 Å². The third kappa shape index (κ3) is 3.48. The van der Waals surface area contributed by atoms with E-state index in [1.165, 1.54) is 6.42 Å². The van der Waals surface area contributed by atoms with Crippen LogP contribution in [0.5, 0.6) is 5.75 Å². The molecule has 0 aromatic heterocycles. The number of nitrogens with two attached hydrogens (primary N) is 1. The van der Waals surface area contributed by atoms with E-state index in [-0.39, 0.29) is 10.9 Å². The van der Waals surface area contributed by atoms with Gasteiger partial charge in [0.2, 0.25) is 0 Å². The number of thiocarbonyl (C=S) groups is 1. The number of hydrogen-bond acceptors (Lipinski definition) is 3. The first kappa shape index (κ1) is 14.8. The van der Waals surface area contributed by atoms with Crippen molar-refractivity contribution < 1.29 is 9.53 Å². The Bertz CT molecular complexity index is 498. The number of benzene rings is 1. The molecule has 1 aromatic carbocycles. The molecule has 2 N–H and O–H groups in total. The van der Waals surface area contributed by atoms with Gasteiger partial charge in [0.1, 0.15) is 10.7 Å². The molecule has 5 heteroatoms. The molecule has 0 spiro atoms. The van der Waals surface area contributed by atoms with Gasteiger partial charge in [-0.15, -0.1) is 0 Å². The van der Waals surface area contributed by atoms with Crippen LogP contribution in [-0.4, -0.2) is 35.0 Å². The van der Waals surface area contributed by atoms with Crippen LogP contribution in [-0.2, 0) is 4.79 Å². The maximum absolute atomic E-state index is 12.3. The second-order valence-corrected chi connectivity index (χ2v) is 5.45. The Kier molecular flexibility index (Phi) is 4.95. The molecule has 1 unspecified atom stereocenters. The molecule has 1 saturated heterocycles. The fraction of sp³-hybridized carbons (Fsp3) is 0.467. The Morgan fingerprint density at radius 1 is 1.30 bits per heavy atom. The standard InChI is InChI=1S/C15H20N2O2S/c1-11(15(18)17-9-5-2-6-10-17)19-13-8-4-3-7-12(13)14(16)20/h3-4,7-8,11H,2,5-6,9-10H2,1H3,(H2,16,20). The number of rotatable bonds is 4. The summed E-state index contributed by atoms with van der Waals surface area (Å²) in [6.45, 7) is 3.42. The maximum atomic E-state index is 12.3. The van der Waals surface area contributed by atoms with Gasteiger partial charge in [-0.25, -0.2) is 0 Å². The monoisotopic (exact) mass is 292 g/mol. The summed E-state index contributed by atoms with van der Waals surface area (Å²) in [5, 5.41) is 0. The molecule has 1 aromatic rings. The lowest BCUT2D eigenvalue weighted by atomic mass is 10.1. The summed E-state index contributed by atoms with van der Waals surface area (Å²) < 4.78 is 5.76. The maximum Gasteiger partial charge on any atom is 0.263 e. The summed E-state index contributed by atoms with van der Waals surface area (Å²) in [6, 6.07) is 7.28. The topological polar surface area (TPSA) is 55.6 Å². The number of ether oxygens (including phenoxy) is 1. The van der Waals surface area contributed by atoms with Crippen molar-refractivity contribution >= 4 is 23.1 Å². The van der Waals surface area contributed by atoms with Crippen molar-refractivity contribution in [1.29, 1.82) is 0 Å². The van der Waals surface area contributed by atoms with Crippen LogP contribution < -0.4 is 10.5 Å². The number of carbonyl (C=O) groups excluding carboxylic acids is 1. The molecular weight excluding hydrogens is 272 g/mol. The highest BCUT2D eigenvalue weighted by Gasteiger charge is 2.24. The summed E-state index contributed by atoms with van der Waals surface area (Å²) in [6.07, 6.45) is 2.82. The second-order valence-electron chi connectivity index (χ2n) is 5.01. The number of nitrogens with zero attached hydrogens (tertiary/aromatic N) is 1. The number of piperidine rings is 1. The van der Waals surface area contributed by atoms with E-state index in [4.69, 9.17) is 22.7 Å². The molecule has 1 fully saturated rings. The van der Waals surface area contributed by atoms with Crippen LogP contribution in [0.15, 0.2) is 24.3 Å². The molecule has 4 nitrogen and oxygen atoms in total. The molecular formula is C15H20N2O2S. The summed E-state index contributed by atoms with van der Waals surface area (Å²) in [4.78, 5) is 14.5. The molecule has 108 valence electrons. The van der Waals surface area contributed by atoms with Crippen LogP contribution >= 0.6 is 12.2 Å². The van der Waals surface area contributed by atoms with Gasteiger partial charge in [0.05, 0.1) is 5.56 Å². The van der Waals surface area contributed by atoms with Gasteiger partial charge in [-0.2, -0.15) is 0 Å². The Morgan fingerprint density at radius 2 is 1.95 bits per heavy atom. The molecule has 0 bridgehead atoms. The zero-order chi connectivity index (χ0) is 14.5. The van der Waals surface area contributed by atoms with Crippen molar-refractivity contribution in [2.75, 3.05) is 13.1 Å². The van der Waals surface area contributed by atoms with Crippen LogP contribution in [0.2, 0.25) is 0 Å². The molecule has 2 rings (SSSR count). The van der Waals surface area contributed by atoms with Gasteiger partial charge in [0.25, 0.3) is 5.91 Å². The third-order valence-electron chi connectivity index (χ3n) is 3.47. The lowest BCUT2D eigenvalue weighted by Gasteiger charge is -2.29. The molecule has 0 aliphatic carbocycles. The number of carbonyl (C=O) groups is 1. The summed E-state index contributed by atoms with van der Waals surface area (Å²) in [7, 11) is 0. The van der Waals surface area contributed by atoms with Crippen LogP contribution in [0.1, 0.15) is 31.7 Å². The van der Waals surface area contributed by atoms with Gasteiger partial charge in [0.15, 0.2) is 6.10 Å². The Morgan fingerprint density at radius 3 is 2.60 bits per heavy atom. The fourth-order valence-electron chi connectivity index (χ4n) is 2.39. The lowest BCUT2D eigenvalue weighted by Crippen LogP contribution is -2.43. The van der Waals surface area contributed by atoms with E-state index in [2.05, 4.69) is 0 Å². The Labute approximate surface area is 124 Å². The van der Waals surface area contributed by atoms with Crippen LogP contribution in [0.4, 0.5) is 0 Å². The molecule has 20 heavy (non-hydrogen) atoms. The highest BCUT2D eigenvalue weighted by Crippen LogP contribution is 2.20. The number of amides is 1. The minimum atomic E-state index is -0.524. The molecule has 1 amide bonds. The highest BCUT2D eigenvalue weighted by atomic mass is 32.1. The van der Waals surface area contributed by atoms with E-state index in [1.807, 2.05) is 17.0 Å². The number of para-hydroxylation sites is 1. The van der Waals surface area contributed by atoms with Crippen molar-refractivity contribution in [3.63, 3.8) is 0 Å². The van der Waals surface area contributed by atoms with Gasteiger partial charge in [-0.1, -0.05) is 24.4 Å². The molecule has 0 radical (unpaired) electrons. The van der Waals surface area contributed by atoms with Crippen molar-refractivity contribution in [1.82, 2.24) is 4.90 Å². The number of hydrogen-bond donors (Lipinski definition) is 1. The molecule has 1 aliphatic heterocycles. The summed E-state index contributed by atoms with van der Waals surface area (Å²) in [5.41, 5.74) is 6.33. The van der Waals surface area contributed by atoms with Crippen LogP contribution in [0.3, 0.4) is 0 Å². The van der Waals surface area contributed by atoms with Gasteiger partial charge in [0, 0.05) is 13.1 Å². The van der Waals surface area contributed by atoms with Gasteiger partial charge < -0.3 is 15.4 Å².